The fourth-order valence-electron chi connectivity index (χ4n) is 4.76. The van der Waals surface area contributed by atoms with Gasteiger partial charge in [0.15, 0.2) is 4.80 Å². The second-order valence-electron chi connectivity index (χ2n) is 9.38. The predicted molar refractivity (Wildman–Crippen MR) is 169 cm³/mol. The second kappa shape index (κ2) is 11.3. The number of halogens is 1. The third kappa shape index (κ3) is 5.42. The summed E-state index contributed by atoms with van der Waals surface area (Å²) in [5, 5.41) is 2.97. The highest BCUT2D eigenvalue weighted by molar-refractivity contribution is 14.1. The maximum absolute atomic E-state index is 13.9. The van der Waals surface area contributed by atoms with Gasteiger partial charge in [0.05, 0.1) is 29.0 Å². The molecule has 2 aromatic heterocycles. The number of methoxy groups -OCH3 is 1. The average molecular weight is 674 g/mol. The van der Waals surface area contributed by atoms with Crippen molar-refractivity contribution in [3.63, 3.8) is 0 Å². The highest BCUT2D eigenvalue weighted by atomic mass is 127. The van der Waals surface area contributed by atoms with Crippen LogP contribution in [0.15, 0.2) is 116 Å². The molecular formula is C32H24IN3O4S. The number of para-hydroxylation sites is 1. The molecule has 0 spiro atoms. The van der Waals surface area contributed by atoms with Crippen LogP contribution < -0.4 is 24.9 Å². The lowest BCUT2D eigenvalue weighted by Crippen LogP contribution is -2.40. The van der Waals surface area contributed by atoms with Gasteiger partial charge in [0, 0.05) is 20.9 Å². The number of ether oxygens (including phenoxy) is 1. The van der Waals surface area contributed by atoms with Gasteiger partial charge < -0.3 is 14.5 Å². The van der Waals surface area contributed by atoms with E-state index in [1.54, 1.807) is 24.7 Å². The second-order valence-corrected chi connectivity index (χ2v) is 11.6. The molecule has 6 rings (SSSR count). The fraction of sp³-hybridized carbons (Fsp3) is 0.0938. The molecule has 5 aromatic rings. The molecule has 0 fully saturated rings. The molecule has 0 radical (unpaired) electrons. The van der Waals surface area contributed by atoms with Gasteiger partial charge in [-0.1, -0.05) is 53.8 Å². The Balaban J connectivity index is 1.45. The third-order valence-corrected chi connectivity index (χ3v) is 8.46. The minimum atomic E-state index is -0.679. The van der Waals surface area contributed by atoms with E-state index in [2.05, 4.69) is 27.9 Å². The van der Waals surface area contributed by atoms with Crippen LogP contribution in [0.4, 0.5) is 5.69 Å². The van der Waals surface area contributed by atoms with Crippen molar-refractivity contribution in [2.24, 2.45) is 4.99 Å². The SMILES string of the molecule is COc1ccc([C@H]2C(C(=O)Nc3ccccc3)=C(C)N=c3s/c(=C/c4ccc(-c5ccc(I)cc5)o4)c(=O)n32)cc1. The zero-order valence-corrected chi connectivity index (χ0v) is 25.1. The Bertz CT molecular complexity index is 1950. The predicted octanol–water partition coefficient (Wildman–Crippen LogP) is 5.75. The zero-order chi connectivity index (χ0) is 28.5. The van der Waals surface area contributed by atoms with Crippen molar-refractivity contribution >= 4 is 51.6 Å². The molecule has 3 heterocycles. The number of thiazole rings is 1. The summed E-state index contributed by atoms with van der Waals surface area (Å²) in [5.41, 5.74) is 3.08. The highest BCUT2D eigenvalue weighted by Crippen LogP contribution is 2.32. The minimum absolute atomic E-state index is 0.251. The molecule has 1 amide bonds. The van der Waals surface area contributed by atoms with Crippen LogP contribution in [0.2, 0.25) is 0 Å². The first-order valence-electron chi connectivity index (χ1n) is 12.8. The Kier molecular flexibility index (Phi) is 7.46. The van der Waals surface area contributed by atoms with Crippen LogP contribution in [0.25, 0.3) is 17.4 Å². The summed E-state index contributed by atoms with van der Waals surface area (Å²) >= 11 is 3.53. The molecule has 41 heavy (non-hydrogen) atoms. The van der Waals surface area contributed by atoms with Gasteiger partial charge in [0.25, 0.3) is 11.5 Å². The van der Waals surface area contributed by atoms with Crippen molar-refractivity contribution in [3.8, 4) is 17.1 Å². The average Bonchev–Trinajstić information content (AvgIpc) is 3.57. The molecule has 3 aromatic carbocycles. The molecular weight excluding hydrogens is 649 g/mol. The van der Waals surface area contributed by atoms with Crippen LogP contribution in [-0.4, -0.2) is 17.6 Å². The van der Waals surface area contributed by atoms with Crippen molar-refractivity contribution in [1.82, 2.24) is 4.57 Å². The summed E-state index contributed by atoms with van der Waals surface area (Å²) in [4.78, 5) is 32.8. The number of nitrogens with one attached hydrogen (secondary N) is 1. The zero-order valence-electron chi connectivity index (χ0n) is 22.1. The van der Waals surface area contributed by atoms with Crippen molar-refractivity contribution in [2.75, 3.05) is 12.4 Å². The van der Waals surface area contributed by atoms with E-state index in [1.807, 2.05) is 91.0 Å². The van der Waals surface area contributed by atoms with Crippen molar-refractivity contribution in [1.29, 1.82) is 0 Å². The van der Waals surface area contributed by atoms with E-state index in [4.69, 9.17) is 14.1 Å². The Morgan fingerprint density at radius 3 is 2.46 bits per heavy atom. The number of carbonyl (C=O) groups is 1. The number of amides is 1. The standard InChI is InChI=1S/C32H24IN3O4S/c1-19-28(30(37)35-23-6-4-3-5-7-23)29(21-10-14-24(39-2)15-11-21)36-31(38)27(41-32(36)34-19)18-25-16-17-26(40-25)20-8-12-22(33)13-9-20/h3-18,29H,1-2H3,(H,35,37)/b27-18+/t29-/m0/s1. The van der Waals surface area contributed by atoms with Crippen LogP contribution in [0, 0.1) is 3.57 Å². The Labute approximate surface area is 253 Å². The van der Waals surface area contributed by atoms with Gasteiger partial charge in [0.1, 0.15) is 17.3 Å². The van der Waals surface area contributed by atoms with Crippen molar-refractivity contribution < 1.29 is 13.9 Å². The smallest absolute Gasteiger partial charge is 0.271 e. The summed E-state index contributed by atoms with van der Waals surface area (Å²) in [5.74, 6) is 1.63. The molecule has 1 atom stereocenters. The Morgan fingerprint density at radius 2 is 1.76 bits per heavy atom. The molecule has 1 aliphatic heterocycles. The molecule has 9 heteroatoms. The topological polar surface area (TPSA) is 85.8 Å². The lowest BCUT2D eigenvalue weighted by molar-refractivity contribution is -0.113. The quantitative estimate of drug-likeness (QED) is 0.233. The summed E-state index contributed by atoms with van der Waals surface area (Å²) in [7, 11) is 1.60. The van der Waals surface area contributed by atoms with E-state index in [0.29, 0.717) is 43.6 Å². The summed E-state index contributed by atoms with van der Waals surface area (Å²) in [6, 6.07) is 27.7. The van der Waals surface area contributed by atoms with Gasteiger partial charge in [-0.3, -0.25) is 14.2 Å². The molecule has 0 aliphatic carbocycles. The number of carbonyl (C=O) groups excluding carboxylic acids is 1. The number of nitrogens with zero attached hydrogens (tertiary/aromatic N) is 2. The summed E-state index contributed by atoms with van der Waals surface area (Å²) in [6.45, 7) is 1.80. The van der Waals surface area contributed by atoms with E-state index >= 15 is 0 Å². The number of benzene rings is 3. The largest absolute Gasteiger partial charge is 0.497 e. The lowest BCUT2D eigenvalue weighted by atomic mass is 9.95. The number of hydrogen-bond acceptors (Lipinski definition) is 6. The van der Waals surface area contributed by atoms with E-state index in [9.17, 15) is 9.59 Å². The summed E-state index contributed by atoms with van der Waals surface area (Å²) < 4.78 is 14.6. The van der Waals surface area contributed by atoms with Crippen molar-refractivity contribution in [2.45, 2.75) is 13.0 Å². The number of anilines is 1. The first-order chi connectivity index (χ1) is 19.9. The van der Waals surface area contributed by atoms with Gasteiger partial charge in [-0.25, -0.2) is 4.99 Å². The Hall–Kier alpha value is -4.22. The first-order valence-corrected chi connectivity index (χ1v) is 14.7. The number of allylic oxidation sites excluding steroid dienone is 1. The van der Waals surface area contributed by atoms with E-state index in [0.717, 1.165) is 14.7 Å². The Morgan fingerprint density at radius 1 is 1.02 bits per heavy atom. The van der Waals surface area contributed by atoms with Gasteiger partial charge in [-0.05, 0) is 83.6 Å². The number of hydrogen-bond donors (Lipinski definition) is 1. The fourth-order valence-corrected chi connectivity index (χ4v) is 6.15. The lowest BCUT2D eigenvalue weighted by Gasteiger charge is -2.25. The van der Waals surface area contributed by atoms with Crippen LogP contribution in [0.3, 0.4) is 0 Å². The maximum Gasteiger partial charge on any atom is 0.271 e. The number of furan rings is 1. The van der Waals surface area contributed by atoms with Crippen LogP contribution in [-0.2, 0) is 4.79 Å². The molecule has 0 bridgehead atoms. The maximum atomic E-state index is 13.9. The first kappa shape index (κ1) is 27.0. The van der Waals surface area contributed by atoms with Gasteiger partial charge in [-0.15, -0.1) is 0 Å². The normalized spacial score (nSPS) is 14.9. The summed E-state index contributed by atoms with van der Waals surface area (Å²) in [6.07, 6.45) is 1.73. The molecule has 1 N–H and O–H groups in total. The van der Waals surface area contributed by atoms with Crippen molar-refractivity contribution in [3.05, 3.63) is 137 Å². The molecule has 0 saturated carbocycles. The van der Waals surface area contributed by atoms with Crippen LogP contribution >= 0.6 is 33.9 Å². The minimum Gasteiger partial charge on any atom is -0.497 e. The van der Waals surface area contributed by atoms with Crippen LogP contribution in [0.5, 0.6) is 5.75 Å². The molecule has 1 aliphatic rings. The van der Waals surface area contributed by atoms with Gasteiger partial charge >= 0.3 is 0 Å². The number of aromatic nitrogens is 1. The van der Waals surface area contributed by atoms with Gasteiger partial charge in [-0.2, -0.15) is 0 Å². The van der Waals surface area contributed by atoms with E-state index in [-0.39, 0.29) is 11.5 Å². The van der Waals surface area contributed by atoms with E-state index < -0.39 is 6.04 Å². The third-order valence-electron chi connectivity index (χ3n) is 6.76. The van der Waals surface area contributed by atoms with Gasteiger partial charge in [0.2, 0.25) is 0 Å². The monoisotopic (exact) mass is 673 g/mol. The van der Waals surface area contributed by atoms with E-state index in [1.165, 1.54) is 11.3 Å². The molecule has 0 saturated heterocycles. The molecule has 0 unspecified atom stereocenters. The van der Waals surface area contributed by atoms with Crippen LogP contribution in [0.1, 0.15) is 24.3 Å². The number of rotatable bonds is 6. The highest BCUT2D eigenvalue weighted by Gasteiger charge is 2.32. The molecule has 7 nitrogen and oxygen atoms in total. The molecule has 204 valence electrons. The number of fused-ring (bicyclic) bond motifs is 1.